The van der Waals surface area contributed by atoms with E-state index in [1.165, 1.54) is 12.1 Å². The fourth-order valence-corrected chi connectivity index (χ4v) is 3.22. The number of rotatable bonds is 5. The predicted octanol–water partition coefficient (Wildman–Crippen LogP) is 2.41. The average Bonchev–Trinajstić information content (AvgIpc) is 3.44. The lowest BCUT2D eigenvalue weighted by atomic mass is 10.1. The Labute approximate surface area is 148 Å². The molecule has 5 nitrogen and oxygen atoms in total. The van der Waals surface area contributed by atoms with E-state index >= 15 is 0 Å². The third kappa shape index (κ3) is 5.18. The number of halogens is 1. The minimum absolute atomic E-state index is 0.0695. The summed E-state index contributed by atoms with van der Waals surface area (Å²) in [5.74, 6) is 0.275. The van der Waals surface area contributed by atoms with Crippen LogP contribution in [0, 0.1) is 11.7 Å². The fraction of sp³-hybridized carbons (Fsp3) is 0.579. The SMILES string of the molecule is O=C(NCCCc1cccc(F)c1)N1CCCN(C(=O)C2CC2)CC1. The molecule has 0 atom stereocenters. The summed E-state index contributed by atoms with van der Waals surface area (Å²) in [6.45, 7) is 3.22. The molecule has 3 rings (SSSR count). The minimum Gasteiger partial charge on any atom is -0.341 e. The number of amides is 3. The summed E-state index contributed by atoms with van der Waals surface area (Å²) in [5, 5.41) is 2.93. The number of benzene rings is 1. The van der Waals surface area contributed by atoms with Gasteiger partial charge in [0.05, 0.1) is 0 Å². The Bertz CT molecular complexity index is 618. The molecule has 2 fully saturated rings. The molecule has 136 valence electrons. The van der Waals surface area contributed by atoms with Crippen LogP contribution in [0.4, 0.5) is 9.18 Å². The monoisotopic (exact) mass is 347 g/mol. The molecular weight excluding hydrogens is 321 g/mol. The number of hydrogen-bond donors (Lipinski definition) is 1. The lowest BCUT2D eigenvalue weighted by Gasteiger charge is -2.22. The highest BCUT2D eigenvalue weighted by molar-refractivity contribution is 5.81. The first-order valence-electron chi connectivity index (χ1n) is 9.19. The zero-order valence-corrected chi connectivity index (χ0v) is 14.5. The summed E-state index contributed by atoms with van der Waals surface area (Å²) in [7, 11) is 0. The van der Waals surface area contributed by atoms with Gasteiger partial charge in [0.25, 0.3) is 0 Å². The van der Waals surface area contributed by atoms with Crippen molar-refractivity contribution in [3.05, 3.63) is 35.6 Å². The van der Waals surface area contributed by atoms with Gasteiger partial charge in [-0.15, -0.1) is 0 Å². The van der Waals surface area contributed by atoms with Crippen LogP contribution < -0.4 is 5.32 Å². The molecule has 25 heavy (non-hydrogen) atoms. The number of nitrogens with one attached hydrogen (secondary N) is 1. The van der Waals surface area contributed by atoms with Crippen LogP contribution >= 0.6 is 0 Å². The summed E-state index contributed by atoms with van der Waals surface area (Å²) < 4.78 is 13.1. The summed E-state index contributed by atoms with van der Waals surface area (Å²) in [5.41, 5.74) is 0.943. The van der Waals surface area contributed by atoms with Crippen molar-refractivity contribution in [3.8, 4) is 0 Å². The number of nitrogens with zero attached hydrogens (tertiary/aromatic N) is 2. The third-order valence-corrected chi connectivity index (χ3v) is 4.83. The summed E-state index contributed by atoms with van der Waals surface area (Å²) in [6, 6.07) is 6.49. The predicted molar refractivity (Wildman–Crippen MR) is 93.6 cm³/mol. The van der Waals surface area contributed by atoms with Crippen molar-refractivity contribution in [3.63, 3.8) is 0 Å². The van der Waals surface area contributed by atoms with Crippen LogP contribution in [0.1, 0.15) is 31.2 Å². The Hall–Kier alpha value is -2.11. The summed E-state index contributed by atoms with van der Waals surface area (Å²) in [6.07, 6.45) is 4.38. The van der Waals surface area contributed by atoms with Crippen molar-refractivity contribution >= 4 is 11.9 Å². The second kappa shape index (κ2) is 8.32. The van der Waals surface area contributed by atoms with Gasteiger partial charge in [-0.1, -0.05) is 12.1 Å². The molecule has 0 spiro atoms. The number of hydrogen-bond acceptors (Lipinski definition) is 2. The van der Waals surface area contributed by atoms with E-state index in [-0.39, 0.29) is 23.7 Å². The van der Waals surface area contributed by atoms with Crippen molar-refractivity contribution in [1.82, 2.24) is 15.1 Å². The molecule has 1 aliphatic heterocycles. The fourth-order valence-electron chi connectivity index (χ4n) is 3.22. The average molecular weight is 347 g/mol. The van der Waals surface area contributed by atoms with Gasteiger partial charge in [-0.2, -0.15) is 0 Å². The molecule has 2 aliphatic rings. The van der Waals surface area contributed by atoms with Crippen molar-refractivity contribution in [2.24, 2.45) is 5.92 Å². The number of urea groups is 1. The second-order valence-corrected chi connectivity index (χ2v) is 6.91. The van der Waals surface area contributed by atoms with Crippen LogP contribution in [-0.4, -0.2) is 54.5 Å². The number of aryl methyl sites for hydroxylation is 1. The molecule has 0 radical (unpaired) electrons. The second-order valence-electron chi connectivity index (χ2n) is 6.91. The van der Waals surface area contributed by atoms with Crippen molar-refractivity contribution in [1.29, 1.82) is 0 Å². The van der Waals surface area contributed by atoms with E-state index in [1.54, 1.807) is 11.0 Å². The van der Waals surface area contributed by atoms with Gasteiger partial charge < -0.3 is 15.1 Å². The zero-order valence-electron chi connectivity index (χ0n) is 14.5. The number of carbonyl (C=O) groups is 2. The van der Waals surface area contributed by atoms with E-state index in [4.69, 9.17) is 0 Å². The maximum absolute atomic E-state index is 13.1. The van der Waals surface area contributed by atoms with E-state index in [2.05, 4.69) is 5.32 Å². The molecule has 1 aromatic carbocycles. The first-order chi connectivity index (χ1) is 12.1. The van der Waals surface area contributed by atoms with Gasteiger partial charge in [-0.3, -0.25) is 4.79 Å². The lowest BCUT2D eigenvalue weighted by molar-refractivity contribution is -0.132. The standard InChI is InChI=1S/C19H26FN3O2/c20-17-6-1-4-15(14-17)5-2-9-21-19(25)23-11-3-10-22(12-13-23)18(24)16-7-8-16/h1,4,6,14,16H,2-3,5,7-13H2,(H,21,25). The van der Waals surface area contributed by atoms with Gasteiger partial charge in [0, 0.05) is 38.6 Å². The van der Waals surface area contributed by atoms with Gasteiger partial charge in [0.2, 0.25) is 5.91 Å². The maximum atomic E-state index is 13.1. The first kappa shape index (κ1) is 17.7. The normalized spacial score (nSPS) is 18.0. The Morgan fingerprint density at radius 1 is 1.12 bits per heavy atom. The first-order valence-corrected chi connectivity index (χ1v) is 9.19. The Morgan fingerprint density at radius 2 is 1.88 bits per heavy atom. The lowest BCUT2D eigenvalue weighted by Crippen LogP contribution is -2.43. The van der Waals surface area contributed by atoms with Gasteiger partial charge >= 0.3 is 6.03 Å². The molecule has 0 unspecified atom stereocenters. The smallest absolute Gasteiger partial charge is 0.317 e. The molecule has 1 heterocycles. The Balaban J connectivity index is 1.37. The van der Waals surface area contributed by atoms with Crippen molar-refractivity contribution in [2.75, 3.05) is 32.7 Å². The van der Waals surface area contributed by atoms with E-state index in [0.717, 1.165) is 44.2 Å². The molecule has 0 bridgehead atoms. The summed E-state index contributed by atoms with van der Waals surface area (Å²) in [4.78, 5) is 28.1. The van der Waals surface area contributed by atoms with E-state index in [0.29, 0.717) is 26.2 Å². The molecule has 6 heteroatoms. The Morgan fingerprint density at radius 3 is 2.64 bits per heavy atom. The molecule has 3 amide bonds. The van der Waals surface area contributed by atoms with Crippen molar-refractivity contribution in [2.45, 2.75) is 32.1 Å². The highest BCUT2D eigenvalue weighted by Crippen LogP contribution is 2.31. The van der Waals surface area contributed by atoms with Crippen LogP contribution in [0.25, 0.3) is 0 Å². The summed E-state index contributed by atoms with van der Waals surface area (Å²) >= 11 is 0. The molecule has 1 saturated carbocycles. The van der Waals surface area contributed by atoms with Crippen LogP contribution in [0.15, 0.2) is 24.3 Å². The maximum Gasteiger partial charge on any atom is 0.317 e. The van der Waals surface area contributed by atoms with E-state index < -0.39 is 0 Å². The number of carbonyl (C=O) groups excluding carboxylic acids is 2. The molecule has 1 aromatic rings. The molecular formula is C19H26FN3O2. The molecule has 1 aliphatic carbocycles. The van der Waals surface area contributed by atoms with Crippen LogP contribution in [0.5, 0.6) is 0 Å². The van der Waals surface area contributed by atoms with Crippen LogP contribution in [-0.2, 0) is 11.2 Å². The Kier molecular flexibility index (Phi) is 5.89. The molecule has 0 aromatic heterocycles. The highest BCUT2D eigenvalue weighted by atomic mass is 19.1. The van der Waals surface area contributed by atoms with Gasteiger partial charge in [-0.25, -0.2) is 9.18 Å². The van der Waals surface area contributed by atoms with Crippen LogP contribution in [0.3, 0.4) is 0 Å². The quantitative estimate of drug-likeness (QED) is 0.832. The van der Waals surface area contributed by atoms with Gasteiger partial charge in [0.1, 0.15) is 5.82 Å². The molecule has 1 N–H and O–H groups in total. The third-order valence-electron chi connectivity index (χ3n) is 4.83. The van der Waals surface area contributed by atoms with Crippen LogP contribution in [0.2, 0.25) is 0 Å². The van der Waals surface area contributed by atoms with Gasteiger partial charge in [-0.05, 0) is 49.8 Å². The van der Waals surface area contributed by atoms with E-state index in [9.17, 15) is 14.0 Å². The van der Waals surface area contributed by atoms with Crippen molar-refractivity contribution < 1.29 is 14.0 Å². The highest BCUT2D eigenvalue weighted by Gasteiger charge is 2.34. The minimum atomic E-state index is -0.226. The zero-order chi connectivity index (χ0) is 17.6. The largest absolute Gasteiger partial charge is 0.341 e. The molecule has 1 saturated heterocycles. The topological polar surface area (TPSA) is 52.7 Å². The van der Waals surface area contributed by atoms with E-state index in [1.807, 2.05) is 11.0 Å². The van der Waals surface area contributed by atoms with Gasteiger partial charge in [0.15, 0.2) is 0 Å².